The van der Waals surface area contributed by atoms with E-state index in [1.54, 1.807) is 6.92 Å². The Bertz CT molecular complexity index is 539. The van der Waals surface area contributed by atoms with Crippen LogP contribution in [0.15, 0.2) is 6.07 Å². The van der Waals surface area contributed by atoms with Crippen LogP contribution in [0.3, 0.4) is 0 Å². The highest BCUT2D eigenvalue weighted by atomic mass is 32.1. The van der Waals surface area contributed by atoms with E-state index in [1.165, 1.54) is 6.07 Å². The molecule has 1 aromatic heterocycles. The van der Waals surface area contributed by atoms with Crippen LogP contribution in [-0.2, 0) is 4.74 Å². The monoisotopic (exact) mass is 348 g/mol. The van der Waals surface area contributed by atoms with Gasteiger partial charge in [0.25, 0.3) is 5.91 Å². The van der Waals surface area contributed by atoms with Gasteiger partial charge in [0, 0.05) is 30.1 Å². The van der Waals surface area contributed by atoms with Gasteiger partial charge in [0.2, 0.25) is 0 Å². The number of rotatable bonds is 6. The van der Waals surface area contributed by atoms with E-state index in [0.717, 1.165) is 22.8 Å². The van der Waals surface area contributed by atoms with Crippen LogP contribution in [0.2, 0.25) is 0 Å². The summed E-state index contributed by atoms with van der Waals surface area (Å²) < 4.78 is 34.6. The number of hydrogen-bond acceptors (Lipinski definition) is 5. The van der Waals surface area contributed by atoms with Crippen LogP contribution in [0, 0.1) is 6.92 Å². The van der Waals surface area contributed by atoms with Crippen molar-refractivity contribution < 1.29 is 23.0 Å². The molecule has 0 unspecified atom stereocenters. The zero-order chi connectivity index (χ0) is 17.0. The minimum Gasteiger partial charge on any atom is -0.433 e. The molecule has 2 heterocycles. The minimum atomic E-state index is -2.94. The number of thiophene rings is 1. The predicted octanol–water partition coefficient (Wildman–Crippen LogP) is 2.50. The Kier molecular flexibility index (Phi) is 6.32. The number of halogens is 2. The van der Waals surface area contributed by atoms with Gasteiger partial charge in [-0.1, -0.05) is 0 Å². The topological polar surface area (TPSA) is 50.8 Å². The van der Waals surface area contributed by atoms with Gasteiger partial charge in [-0.15, -0.1) is 11.3 Å². The molecule has 0 radical (unpaired) electrons. The molecule has 8 heteroatoms. The molecule has 0 bridgehead atoms. The molecule has 1 N–H and O–H groups in total. The predicted molar refractivity (Wildman–Crippen MR) is 84.5 cm³/mol. The van der Waals surface area contributed by atoms with Gasteiger partial charge in [-0.2, -0.15) is 8.78 Å². The Morgan fingerprint density at radius 3 is 3.00 bits per heavy atom. The molecular weight excluding hydrogens is 326 g/mol. The van der Waals surface area contributed by atoms with E-state index < -0.39 is 6.61 Å². The summed E-state index contributed by atoms with van der Waals surface area (Å²) in [5.74, 6) is -0.445. The van der Waals surface area contributed by atoms with Gasteiger partial charge < -0.3 is 14.8 Å². The van der Waals surface area contributed by atoms with Crippen molar-refractivity contribution in [1.82, 2.24) is 10.2 Å². The molecule has 1 aromatic rings. The van der Waals surface area contributed by atoms with Gasteiger partial charge in [-0.25, -0.2) is 0 Å². The normalized spacial score (nSPS) is 20.5. The Labute approximate surface area is 138 Å². The number of ether oxygens (including phenoxy) is 2. The van der Waals surface area contributed by atoms with Crippen molar-refractivity contribution in [3.8, 4) is 5.75 Å². The van der Waals surface area contributed by atoms with Crippen LogP contribution < -0.4 is 10.1 Å². The minimum absolute atomic E-state index is 0.0626. The number of amides is 1. The summed E-state index contributed by atoms with van der Waals surface area (Å²) in [5, 5.41) is 2.81. The van der Waals surface area contributed by atoms with Crippen molar-refractivity contribution in [1.29, 1.82) is 0 Å². The summed E-state index contributed by atoms with van der Waals surface area (Å²) in [6.07, 6.45) is 0. The number of carbonyl (C=O) groups is 1. The highest BCUT2D eigenvalue weighted by Gasteiger charge is 2.25. The van der Waals surface area contributed by atoms with E-state index in [-0.39, 0.29) is 28.6 Å². The van der Waals surface area contributed by atoms with E-state index in [2.05, 4.69) is 21.9 Å². The molecule has 1 aliphatic heterocycles. The molecule has 130 valence electrons. The Morgan fingerprint density at radius 1 is 1.61 bits per heavy atom. The van der Waals surface area contributed by atoms with Gasteiger partial charge >= 0.3 is 6.61 Å². The Morgan fingerprint density at radius 2 is 2.35 bits per heavy atom. The maximum atomic E-state index is 12.4. The first kappa shape index (κ1) is 18.1. The number of nitrogens with one attached hydrogen (secondary N) is 1. The summed E-state index contributed by atoms with van der Waals surface area (Å²) in [4.78, 5) is 15.5. The molecule has 1 saturated heterocycles. The van der Waals surface area contributed by atoms with E-state index >= 15 is 0 Å². The second kappa shape index (κ2) is 8.03. The highest BCUT2D eigenvalue weighted by Crippen LogP contribution is 2.30. The van der Waals surface area contributed by atoms with Gasteiger partial charge in [-0.3, -0.25) is 9.69 Å². The van der Waals surface area contributed by atoms with Crippen molar-refractivity contribution >= 4 is 17.2 Å². The lowest BCUT2D eigenvalue weighted by atomic mass is 10.2. The molecule has 0 aromatic carbocycles. The zero-order valence-electron chi connectivity index (χ0n) is 13.5. The summed E-state index contributed by atoms with van der Waals surface area (Å²) >= 11 is 1.15. The molecule has 2 atom stereocenters. The molecule has 23 heavy (non-hydrogen) atoms. The number of carbonyl (C=O) groups excluding carboxylic acids is 1. The molecule has 0 spiro atoms. The lowest BCUT2D eigenvalue weighted by Crippen LogP contribution is -2.51. The third-order valence-corrected chi connectivity index (χ3v) is 4.82. The molecule has 2 rings (SSSR count). The number of aryl methyl sites for hydroxylation is 1. The second-order valence-corrected chi connectivity index (χ2v) is 6.91. The van der Waals surface area contributed by atoms with Gasteiger partial charge in [-0.05, 0) is 26.8 Å². The smallest absolute Gasteiger partial charge is 0.387 e. The fourth-order valence-corrected chi connectivity index (χ4v) is 3.53. The van der Waals surface area contributed by atoms with Gasteiger partial charge in [0.15, 0.2) is 0 Å². The van der Waals surface area contributed by atoms with E-state index in [9.17, 15) is 13.6 Å². The highest BCUT2D eigenvalue weighted by molar-refractivity contribution is 7.14. The fraction of sp³-hybridized carbons (Fsp3) is 0.667. The van der Waals surface area contributed by atoms with Crippen LogP contribution in [0.25, 0.3) is 0 Å². The third kappa shape index (κ3) is 4.86. The summed E-state index contributed by atoms with van der Waals surface area (Å²) in [7, 11) is 0. The fourth-order valence-electron chi connectivity index (χ4n) is 2.67. The van der Waals surface area contributed by atoms with Crippen molar-refractivity contribution in [3.05, 3.63) is 15.8 Å². The number of hydrogen-bond donors (Lipinski definition) is 1. The molecule has 0 aliphatic carbocycles. The molecular formula is C15H22F2N2O3S. The second-order valence-electron chi connectivity index (χ2n) is 5.65. The quantitative estimate of drug-likeness (QED) is 0.858. The Balaban J connectivity index is 1.94. The van der Waals surface area contributed by atoms with Gasteiger partial charge in [0.05, 0.1) is 13.2 Å². The molecule has 5 nitrogen and oxygen atoms in total. The van der Waals surface area contributed by atoms with Crippen LogP contribution in [0.1, 0.15) is 28.4 Å². The van der Waals surface area contributed by atoms with Gasteiger partial charge in [0.1, 0.15) is 10.6 Å². The van der Waals surface area contributed by atoms with E-state index in [1.807, 2.05) is 6.92 Å². The number of alkyl halides is 2. The van der Waals surface area contributed by atoms with E-state index in [0.29, 0.717) is 19.8 Å². The first-order valence-electron chi connectivity index (χ1n) is 7.55. The standard InChI is InChI=1S/C15H22F2N2O3S/c1-9(19-4-5-21-8-10(19)2)7-18-14(20)13-12(22-15(16)17)6-11(3)23-13/h6,9-10,15H,4-5,7-8H2,1-3H3,(H,18,20)/t9-,10-/m1/s1. The largest absolute Gasteiger partial charge is 0.433 e. The summed E-state index contributed by atoms with van der Waals surface area (Å²) in [6, 6.07) is 1.88. The van der Waals surface area contributed by atoms with Crippen molar-refractivity contribution in [3.63, 3.8) is 0 Å². The average Bonchev–Trinajstić information content (AvgIpc) is 2.84. The molecule has 0 saturated carbocycles. The van der Waals surface area contributed by atoms with Crippen molar-refractivity contribution in [2.75, 3.05) is 26.3 Å². The molecule has 1 amide bonds. The SMILES string of the molecule is Cc1cc(OC(F)F)c(C(=O)NC[C@@H](C)N2CCOC[C@H]2C)s1. The summed E-state index contributed by atoms with van der Waals surface area (Å²) in [6.45, 7) is 5.52. The lowest BCUT2D eigenvalue weighted by molar-refractivity contribution is -0.0498. The summed E-state index contributed by atoms with van der Waals surface area (Å²) in [5.41, 5.74) is 0. The maximum absolute atomic E-state index is 12.4. The first-order chi connectivity index (χ1) is 10.9. The first-order valence-corrected chi connectivity index (χ1v) is 8.37. The molecule has 1 fully saturated rings. The van der Waals surface area contributed by atoms with E-state index in [4.69, 9.17) is 4.74 Å². The van der Waals surface area contributed by atoms with Crippen LogP contribution in [0.5, 0.6) is 5.75 Å². The Hall–Kier alpha value is -1.25. The van der Waals surface area contributed by atoms with Crippen LogP contribution in [0.4, 0.5) is 8.78 Å². The van der Waals surface area contributed by atoms with Crippen LogP contribution in [-0.4, -0.2) is 55.8 Å². The van der Waals surface area contributed by atoms with Crippen LogP contribution >= 0.6 is 11.3 Å². The zero-order valence-corrected chi connectivity index (χ0v) is 14.3. The third-order valence-electron chi connectivity index (χ3n) is 3.79. The number of morpholine rings is 1. The average molecular weight is 348 g/mol. The maximum Gasteiger partial charge on any atom is 0.387 e. The van der Waals surface area contributed by atoms with Crippen molar-refractivity contribution in [2.45, 2.75) is 39.5 Å². The number of nitrogens with zero attached hydrogens (tertiary/aromatic N) is 1. The van der Waals surface area contributed by atoms with Crippen molar-refractivity contribution in [2.24, 2.45) is 0 Å². The molecule has 1 aliphatic rings. The lowest BCUT2D eigenvalue weighted by Gasteiger charge is -2.37.